The first kappa shape index (κ1) is 5.70. The van der Waals surface area contributed by atoms with Gasteiger partial charge in [0, 0.05) is 9.57 Å². The minimum absolute atomic E-state index is 0.777. The first-order chi connectivity index (χ1) is 3.29. The molecule has 1 atom stereocenters. The van der Waals surface area contributed by atoms with Crippen molar-refractivity contribution in [2.24, 2.45) is 5.92 Å². The van der Waals surface area contributed by atoms with E-state index in [4.69, 9.17) is 0 Å². The highest BCUT2D eigenvalue weighted by molar-refractivity contribution is 9.14. The molecule has 0 fully saturated rings. The Balaban J connectivity index is 2.50. The molecular weight excluding hydrogens is 172 g/mol. The van der Waals surface area contributed by atoms with Crippen molar-refractivity contribution in [3.8, 4) is 0 Å². The van der Waals surface area contributed by atoms with Gasteiger partial charge in [0.25, 0.3) is 0 Å². The monoisotopic (exact) mass is 178 g/mol. The molecule has 1 heterocycles. The maximum absolute atomic E-state index is 3.40. The van der Waals surface area contributed by atoms with Gasteiger partial charge in [0.05, 0.1) is 0 Å². The highest BCUT2D eigenvalue weighted by atomic mass is 79.9. The summed E-state index contributed by atoms with van der Waals surface area (Å²) in [6, 6.07) is 0. The van der Waals surface area contributed by atoms with Crippen LogP contribution in [0.3, 0.4) is 0 Å². The van der Waals surface area contributed by atoms with Gasteiger partial charge in [-0.3, -0.25) is 0 Å². The molecule has 2 heteroatoms. The molecule has 0 aliphatic carbocycles. The molecule has 0 saturated heterocycles. The van der Waals surface area contributed by atoms with Crippen LogP contribution in [0.2, 0.25) is 0 Å². The molecule has 0 amide bonds. The van der Waals surface area contributed by atoms with Crippen molar-refractivity contribution in [1.29, 1.82) is 0 Å². The summed E-state index contributed by atoms with van der Waals surface area (Å²) in [5, 5.41) is 0. The van der Waals surface area contributed by atoms with Gasteiger partial charge >= 0.3 is 0 Å². The zero-order valence-corrected chi connectivity index (χ0v) is 6.55. The lowest BCUT2D eigenvalue weighted by molar-refractivity contribution is 0.860. The van der Waals surface area contributed by atoms with Crippen molar-refractivity contribution in [2.45, 2.75) is 6.92 Å². The molecule has 7 heavy (non-hydrogen) atoms. The van der Waals surface area contributed by atoms with Crippen LogP contribution >= 0.6 is 27.7 Å². The van der Waals surface area contributed by atoms with Crippen LogP contribution in [-0.4, -0.2) is 5.75 Å². The van der Waals surface area contributed by atoms with Gasteiger partial charge in [0.1, 0.15) is 0 Å². The maximum atomic E-state index is 3.40. The standard InChI is InChI=1S/C5H7BrS/c1-4-2-5(6)7-3-4/h2,4H,3H2,1H3. The van der Waals surface area contributed by atoms with Crippen LogP contribution in [0.1, 0.15) is 6.92 Å². The molecule has 0 aromatic heterocycles. The average molecular weight is 179 g/mol. The van der Waals surface area contributed by atoms with Crippen molar-refractivity contribution in [3.05, 3.63) is 9.89 Å². The van der Waals surface area contributed by atoms with Crippen molar-refractivity contribution in [2.75, 3.05) is 5.75 Å². The zero-order valence-electron chi connectivity index (χ0n) is 4.15. The van der Waals surface area contributed by atoms with E-state index in [1.54, 1.807) is 0 Å². The van der Waals surface area contributed by atoms with Crippen LogP contribution in [0.4, 0.5) is 0 Å². The summed E-state index contributed by atoms with van der Waals surface area (Å²) in [6.45, 7) is 2.22. The number of halogens is 1. The molecule has 0 aromatic rings. The highest BCUT2D eigenvalue weighted by Crippen LogP contribution is 2.32. The predicted molar refractivity (Wildman–Crippen MR) is 38.6 cm³/mol. The van der Waals surface area contributed by atoms with E-state index in [2.05, 4.69) is 28.9 Å². The van der Waals surface area contributed by atoms with E-state index < -0.39 is 0 Å². The van der Waals surface area contributed by atoms with Gasteiger partial charge in [0.15, 0.2) is 0 Å². The Morgan fingerprint density at radius 1 is 2.00 bits per heavy atom. The third kappa shape index (κ3) is 1.50. The third-order valence-electron chi connectivity index (χ3n) is 0.900. The Hall–Kier alpha value is 0.570. The van der Waals surface area contributed by atoms with Crippen molar-refractivity contribution in [3.63, 3.8) is 0 Å². The molecule has 0 N–H and O–H groups in total. The molecule has 0 saturated carbocycles. The third-order valence-corrected chi connectivity index (χ3v) is 2.96. The fourth-order valence-corrected chi connectivity index (χ4v) is 2.23. The van der Waals surface area contributed by atoms with Crippen molar-refractivity contribution in [1.82, 2.24) is 0 Å². The zero-order chi connectivity index (χ0) is 5.28. The van der Waals surface area contributed by atoms with E-state index in [1.807, 2.05) is 11.8 Å². The van der Waals surface area contributed by atoms with E-state index in [1.165, 1.54) is 9.57 Å². The number of hydrogen-bond acceptors (Lipinski definition) is 1. The number of rotatable bonds is 0. The summed E-state index contributed by atoms with van der Waals surface area (Å²) in [5.74, 6) is 2.03. The molecule has 0 bridgehead atoms. The molecule has 1 rings (SSSR count). The fraction of sp³-hybridized carbons (Fsp3) is 0.600. The summed E-state index contributed by atoms with van der Waals surface area (Å²) in [4.78, 5) is 0. The molecule has 1 unspecified atom stereocenters. The van der Waals surface area contributed by atoms with Gasteiger partial charge in [-0.05, 0) is 21.8 Å². The smallest absolute Gasteiger partial charge is 0.0466 e. The average Bonchev–Trinajstić information content (AvgIpc) is 1.87. The molecule has 40 valence electrons. The van der Waals surface area contributed by atoms with Crippen LogP contribution in [0.25, 0.3) is 0 Å². The van der Waals surface area contributed by atoms with E-state index in [9.17, 15) is 0 Å². The second-order valence-corrected chi connectivity index (χ2v) is 4.20. The highest BCUT2D eigenvalue weighted by Gasteiger charge is 2.07. The molecule has 0 spiro atoms. The lowest BCUT2D eigenvalue weighted by Crippen LogP contribution is -1.83. The first-order valence-corrected chi connectivity index (χ1v) is 4.07. The van der Waals surface area contributed by atoms with Gasteiger partial charge in [-0.15, -0.1) is 11.8 Å². The molecule has 0 radical (unpaired) electrons. The number of hydrogen-bond donors (Lipinski definition) is 0. The Morgan fingerprint density at radius 2 is 2.71 bits per heavy atom. The maximum Gasteiger partial charge on any atom is 0.0466 e. The predicted octanol–water partition coefficient (Wildman–Crippen LogP) is 2.61. The molecule has 0 aromatic carbocycles. The number of allylic oxidation sites excluding steroid dienone is 1. The topological polar surface area (TPSA) is 0 Å². The van der Waals surface area contributed by atoms with E-state index in [0.717, 1.165) is 5.92 Å². The van der Waals surface area contributed by atoms with Crippen molar-refractivity contribution < 1.29 is 0 Å². The Labute approximate surface area is 56.5 Å². The lowest BCUT2D eigenvalue weighted by Gasteiger charge is -1.88. The first-order valence-electron chi connectivity index (χ1n) is 2.29. The van der Waals surface area contributed by atoms with Crippen LogP contribution in [-0.2, 0) is 0 Å². The minimum atomic E-state index is 0.777. The van der Waals surface area contributed by atoms with Crippen molar-refractivity contribution >= 4 is 27.7 Å². The fourth-order valence-electron chi connectivity index (χ4n) is 0.531. The molecule has 1 aliphatic rings. The van der Waals surface area contributed by atoms with Gasteiger partial charge in [-0.1, -0.05) is 13.0 Å². The molecular formula is C5H7BrS. The van der Waals surface area contributed by atoms with E-state index in [-0.39, 0.29) is 0 Å². The quantitative estimate of drug-likeness (QED) is 0.550. The van der Waals surface area contributed by atoms with E-state index in [0.29, 0.717) is 0 Å². The lowest BCUT2D eigenvalue weighted by atomic mass is 10.2. The largest absolute Gasteiger partial charge is 0.118 e. The Bertz CT molecular complexity index is 98.3. The summed E-state index contributed by atoms with van der Waals surface area (Å²) in [6.07, 6.45) is 2.24. The normalized spacial score (nSPS) is 30.6. The van der Waals surface area contributed by atoms with Crippen LogP contribution < -0.4 is 0 Å². The van der Waals surface area contributed by atoms with E-state index >= 15 is 0 Å². The van der Waals surface area contributed by atoms with Crippen LogP contribution in [0, 0.1) is 5.92 Å². The SMILES string of the molecule is CC1C=C(Br)SC1. The van der Waals surface area contributed by atoms with Gasteiger partial charge in [-0.2, -0.15) is 0 Å². The summed E-state index contributed by atoms with van der Waals surface area (Å²) in [5.41, 5.74) is 0. The van der Waals surface area contributed by atoms with Crippen LogP contribution in [0.15, 0.2) is 9.89 Å². The Kier molecular flexibility index (Phi) is 1.81. The summed E-state index contributed by atoms with van der Waals surface area (Å²) in [7, 11) is 0. The molecule has 0 nitrogen and oxygen atoms in total. The second-order valence-electron chi connectivity index (χ2n) is 1.76. The van der Waals surface area contributed by atoms with Gasteiger partial charge in [0.2, 0.25) is 0 Å². The van der Waals surface area contributed by atoms with Crippen LogP contribution in [0.5, 0.6) is 0 Å². The summed E-state index contributed by atoms with van der Waals surface area (Å²) >= 11 is 5.29. The minimum Gasteiger partial charge on any atom is -0.118 e. The van der Waals surface area contributed by atoms with Gasteiger partial charge < -0.3 is 0 Å². The summed E-state index contributed by atoms with van der Waals surface area (Å²) < 4.78 is 1.31. The second kappa shape index (κ2) is 2.23. The number of thioether (sulfide) groups is 1. The molecule has 1 aliphatic heterocycles. The van der Waals surface area contributed by atoms with Gasteiger partial charge in [-0.25, -0.2) is 0 Å². The Morgan fingerprint density at radius 3 is 2.86 bits per heavy atom.